The number of nitrogens with zero attached hydrogens (tertiary/aromatic N) is 1. The van der Waals surface area contributed by atoms with Crippen molar-refractivity contribution in [2.45, 2.75) is 24.7 Å². The Morgan fingerprint density at radius 2 is 1.78 bits per heavy atom. The number of carbonyl (C=O) groups is 1. The van der Waals surface area contributed by atoms with Crippen LogP contribution < -0.4 is 19.1 Å². The molecule has 0 fully saturated rings. The van der Waals surface area contributed by atoms with Crippen LogP contribution in [0.25, 0.3) is 11.1 Å². The summed E-state index contributed by atoms with van der Waals surface area (Å²) in [6.45, 7) is 3.96. The van der Waals surface area contributed by atoms with Gasteiger partial charge in [0.05, 0.1) is 10.6 Å². The van der Waals surface area contributed by atoms with Crippen LogP contribution in [0.1, 0.15) is 25.3 Å². The van der Waals surface area contributed by atoms with Gasteiger partial charge in [-0.2, -0.15) is 0 Å². The fraction of sp³-hybridized carbons (Fsp3) is 0.208. The van der Waals surface area contributed by atoms with E-state index in [9.17, 15) is 13.2 Å². The Labute approximate surface area is 186 Å². The van der Waals surface area contributed by atoms with Crippen LogP contribution >= 0.6 is 0 Å². The fourth-order valence-electron chi connectivity index (χ4n) is 3.98. The molecule has 2 heterocycles. The van der Waals surface area contributed by atoms with E-state index in [1.165, 1.54) is 4.31 Å². The minimum atomic E-state index is -3.90. The van der Waals surface area contributed by atoms with Crippen molar-refractivity contribution in [3.05, 3.63) is 66.2 Å². The van der Waals surface area contributed by atoms with Gasteiger partial charge in [0.15, 0.2) is 11.5 Å². The van der Waals surface area contributed by atoms with Crippen LogP contribution in [-0.2, 0) is 14.8 Å². The number of hydrogen-bond acceptors (Lipinski definition) is 5. The van der Waals surface area contributed by atoms with Crippen LogP contribution in [0.4, 0.5) is 11.4 Å². The lowest BCUT2D eigenvalue weighted by atomic mass is 9.95. The number of anilines is 2. The molecule has 0 saturated heterocycles. The summed E-state index contributed by atoms with van der Waals surface area (Å²) in [6.07, 6.45) is 0. The highest BCUT2D eigenvalue weighted by Gasteiger charge is 2.36. The highest BCUT2D eigenvalue weighted by molar-refractivity contribution is 7.93. The normalized spacial score (nSPS) is 15.3. The minimum absolute atomic E-state index is 0.132. The molecular formula is C24H22N2O5S. The van der Waals surface area contributed by atoms with Gasteiger partial charge in [0, 0.05) is 22.9 Å². The molecule has 0 bridgehead atoms. The zero-order valence-electron chi connectivity index (χ0n) is 17.7. The Morgan fingerprint density at radius 3 is 2.59 bits per heavy atom. The number of fused-ring (bicyclic) bond motifs is 4. The number of carbonyl (C=O) groups excluding carboxylic acids is 1. The van der Waals surface area contributed by atoms with Crippen molar-refractivity contribution in [1.29, 1.82) is 0 Å². The Morgan fingerprint density at radius 1 is 1.00 bits per heavy atom. The van der Waals surface area contributed by atoms with Gasteiger partial charge in [0.1, 0.15) is 6.54 Å². The molecule has 0 atom stereocenters. The first-order valence-corrected chi connectivity index (χ1v) is 11.7. The summed E-state index contributed by atoms with van der Waals surface area (Å²) in [5, 5.41) is 2.76. The number of hydrogen-bond donors (Lipinski definition) is 1. The van der Waals surface area contributed by atoms with E-state index in [0.29, 0.717) is 28.4 Å². The lowest BCUT2D eigenvalue weighted by Crippen LogP contribution is -2.40. The topological polar surface area (TPSA) is 84.9 Å². The number of sulfonamides is 1. The maximum atomic E-state index is 13.4. The van der Waals surface area contributed by atoms with Gasteiger partial charge in [-0.1, -0.05) is 38.1 Å². The molecule has 0 unspecified atom stereocenters. The first-order valence-electron chi connectivity index (χ1n) is 10.3. The van der Waals surface area contributed by atoms with Crippen LogP contribution in [0.15, 0.2) is 65.6 Å². The number of amides is 1. The smallest absolute Gasteiger partial charge is 0.265 e. The Hall–Kier alpha value is -3.52. The van der Waals surface area contributed by atoms with Gasteiger partial charge in [-0.15, -0.1) is 0 Å². The van der Waals surface area contributed by atoms with Gasteiger partial charge >= 0.3 is 0 Å². The number of nitrogens with one attached hydrogen (secondary N) is 1. The second-order valence-corrected chi connectivity index (χ2v) is 9.89. The third-order valence-electron chi connectivity index (χ3n) is 5.64. The maximum Gasteiger partial charge on any atom is 0.265 e. The van der Waals surface area contributed by atoms with Crippen molar-refractivity contribution in [3.8, 4) is 22.6 Å². The molecule has 2 aliphatic heterocycles. The fourth-order valence-corrected chi connectivity index (χ4v) is 5.63. The van der Waals surface area contributed by atoms with Crippen LogP contribution in [-0.4, -0.2) is 27.7 Å². The van der Waals surface area contributed by atoms with Gasteiger partial charge < -0.3 is 14.8 Å². The van der Waals surface area contributed by atoms with E-state index >= 15 is 0 Å². The minimum Gasteiger partial charge on any atom is -0.454 e. The van der Waals surface area contributed by atoms with E-state index in [2.05, 4.69) is 19.2 Å². The first kappa shape index (κ1) is 20.4. The lowest BCUT2D eigenvalue weighted by Gasteiger charge is -2.32. The van der Waals surface area contributed by atoms with E-state index < -0.39 is 15.9 Å². The quantitative estimate of drug-likeness (QED) is 0.639. The standard InChI is InChI=1S/C24H22N2O5S/c1-15(2)16-7-9-20-19(11-16)18-5-3-4-6-23(18)32(28,29)26(20)13-24(27)25-17-8-10-21-22(12-17)31-14-30-21/h3-12,15H,13-14H2,1-2H3,(H,25,27). The van der Waals surface area contributed by atoms with Crippen LogP contribution in [0.2, 0.25) is 0 Å². The largest absolute Gasteiger partial charge is 0.454 e. The van der Waals surface area contributed by atoms with Gasteiger partial charge in [-0.3, -0.25) is 9.10 Å². The van der Waals surface area contributed by atoms with E-state index in [1.54, 1.807) is 42.5 Å². The lowest BCUT2D eigenvalue weighted by molar-refractivity contribution is -0.114. The Bertz CT molecular complexity index is 1330. The molecule has 0 saturated carbocycles. The second kappa shape index (κ2) is 7.56. The maximum absolute atomic E-state index is 13.4. The van der Waals surface area contributed by atoms with E-state index in [-0.39, 0.29) is 24.2 Å². The Balaban J connectivity index is 1.50. The first-order chi connectivity index (χ1) is 15.3. The third kappa shape index (κ3) is 3.36. The molecule has 32 heavy (non-hydrogen) atoms. The van der Waals surface area contributed by atoms with E-state index in [0.717, 1.165) is 11.1 Å². The SMILES string of the molecule is CC(C)c1ccc2c(c1)-c1ccccc1S(=O)(=O)N2CC(=O)Nc1ccc2c(c1)OCO2. The summed E-state index contributed by atoms with van der Waals surface area (Å²) in [7, 11) is -3.90. The van der Waals surface area contributed by atoms with Crippen LogP contribution in [0.5, 0.6) is 11.5 Å². The summed E-state index contributed by atoms with van der Waals surface area (Å²) in [6, 6.07) is 17.7. The summed E-state index contributed by atoms with van der Waals surface area (Å²) in [5.41, 5.74) is 3.55. The summed E-state index contributed by atoms with van der Waals surface area (Å²) < 4.78 is 38.7. The molecule has 3 aromatic rings. The summed E-state index contributed by atoms with van der Waals surface area (Å²) in [4.78, 5) is 13.1. The highest BCUT2D eigenvalue weighted by Crippen LogP contribution is 2.44. The zero-order valence-corrected chi connectivity index (χ0v) is 18.5. The van der Waals surface area contributed by atoms with E-state index in [4.69, 9.17) is 9.47 Å². The molecule has 7 nitrogen and oxygen atoms in total. The molecule has 0 spiro atoms. The number of rotatable bonds is 4. The molecule has 8 heteroatoms. The molecule has 164 valence electrons. The van der Waals surface area contributed by atoms with Crippen molar-refractivity contribution in [2.75, 3.05) is 23.0 Å². The monoisotopic (exact) mass is 450 g/mol. The van der Waals surface area contributed by atoms with Gasteiger partial charge in [0.2, 0.25) is 12.7 Å². The Kier molecular flexibility index (Phi) is 4.82. The van der Waals surface area contributed by atoms with Crippen molar-refractivity contribution in [2.24, 2.45) is 0 Å². The van der Waals surface area contributed by atoms with Gasteiger partial charge in [-0.05, 0) is 41.8 Å². The molecule has 5 rings (SSSR count). The molecule has 1 amide bonds. The van der Waals surface area contributed by atoms with Gasteiger partial charge in [-0.25, -0.2) is 8.42 Å². The van der Waals surface area contributed by atoms with Crippen molar-refractivity contribution < 1.29 is 22.7 Å². The van der Waals surface area contributed by atoms with Crippen molar-refractivity contribution in [1.82, 2.24) is 0 Å². The van der Waals surface area contributed by atoms with Crippen LogP contribution in [0, 0.1) is 0 Å². The van der Waals surface area contributed by atoms with Crippen molar-refractivity contribution in [3.63, 3.8) is 0 Å². The third-order valence-corrected chi connectivity index (χ3v) is 7.46. The predicted molar refractivity (Wildman–Crippen MR) is 122 cm³/mol. The van der Waals surface area contributed by atoms with E-state index in [1.807, 2.05) is 18.2 Å². The predicted octanol–water partition coefficient (Wildman–Crippen LogP) is 4.35. The summed E-state index contributed by atoms with van der Waals surface area (Å²) >= 11 is 0. The number of ether oxygens (including phenoxy) is 2. The highest BCUT2D eigenvalue weighted by atomic mass is 32.2. The molecule has 1 N–H and O–H groups in total. The average Bonchev–Trinajstić information content (AvgIpc) is 3.24. The molecule has 0 aromatic heterocycles. The average molecular weight is 451 g/mol. The summed E-state index contributed by atoms with van der Waals surface area (Å²) in [5.74, 6) is 0.974. The van der Waals surface area contributed by atoms with Gasteiger partial charge in [0.25, 0.3) is 10.0 Å². The number of benzene rings is 3. The van der Waals surface area contributed by atoms with Crippen molar-refractivity contribution >= 4 is 27.3 Å². The molecular weight excluding hydrogens is 428 g/mol. The molecule has 3 aromatic carbocycles. The molecule has 0 aliphatic carbocycles. The second-order valence-electron chi connectivity index (χ2n) is 8.06. The molecule has 0 radical (unpaired) electrons. The zero-order chi connectivity index (χ0) is 22.5. The molecule has 2 aliphatic rings. The van der Waals surface area contributed by atoms with Crippen LogP contribution in [0.3, 0.4) is 0 Å².